The number of alkyl halides is 6. The third kappa shape index (κ3) is 19.5. The first-order valence-corrected chi connectivity index (χ1v) is 35.1. The van der Waals surface area contributed by atoms with Gasteiger partial charge in [0.25, 0.3) is 0 Å². The number of para-hydroxylation sites is 1. The predicted molar refractivity (Wildman–Crippen MR) is 391 cm³/mol. The van der Waals surface area contributed by atoms with Crippen molar-refractivity contribution in [1.29, 1.82) is 0 Å². The molecule has 0 atom stereocenters. The van der Waals surface area contributed by atoms with E-state index < -0.39 is 212 Å². The highest BCUT2D eigenvalue weighted by molar-refractivity contribution is 7.98. The zero-order valence-corrected chi connectivity index (χ0v) is 58.5. The fourth-order valence-electron chi connectivity index (χ4n) is 12.3. The van der Waals surface area contributed by atoms with Crippen molar-refractivity contribution in [2.45, 2.75) is 105 Å². The normalized spacial score (nSPS) is 16.2. The minimum Gasteiger partial charge on any atom is -0.383 e. The lowest BCUT2D eigenvalue weighted by Crippen LogP contribution is -2.48. The number of halogens is 10. The molecule has 0 bridgehead atoms. The fourth-order valence-corrected chi connectivity index (χ4v) is 14.3. The molecule has 105 heavy (non-hydrogen) atoms. The molecule has 0 N–H and O–H groups in total. The molecule has 10 aromatic rings. The summed E-state index contributed by atoms with van der Waals surface area (Å²) in [5.41, 5.74) is -4.63. The van der Waals surface area contributed by atoms with Gasteiger partial charge in [0.15, 0.2) is 34.1 Å². The molecular formula is C81H78F10N6O6S2. The summed E-state index contributed by atoms with van der Waals surface area (Å²) in [5.74, 6) is -7.12. The molecule has 550 valence electrons. The van der Waals surface area contributed by atoms with E-state index >= 15 is 9.18 Å². The van der Waals surface area contributed by atoms with Crippen LogP contribution in [-0.2, 0) is 69.1 Å². The lowest BCUT2D eigenvalue weighted by molar-refractivity contribution is -0.138. The molecule has 4 heterocycles. The second-order valence-corrected chi connectivity index (χ2v) is 26.8. The van der Waals surface area contributed by atoms with Crippen molar-refractivity contribution < 1.29 is 83.5 Å². The van der Waals surface area contributed by atoms with Crippen molar-refractivity contribution in [1.82, 2.24) is 28.7 Å². The van der Waals surface area contributed by atoms with E-state index in [-0.39, 0.29) is 53.6 Å². The van der Waals surface area contributed by atoms with E-state index in [9.17, 15) is 53.9 Å². The van der Waals surface area contributed by atoms with Crippen LogP contribution >= 0.6 is 23.5 Å². The molecule has 2 amide bonds. The lowest BCUT2D eigenvalue weighted by Gasteiger charge is -2.39. The first-order chi connectivity index (χ1) is 56.7. The minimum atomic E-state index is -5.33. The summed E-state index contributed by atoms with van der Waals surface area (Å²) in [4.78, 5) is 64.0. The number of carbonyl (C=O) groups excluding carboxylic acids is 2. The van der Waals surface area contributed by atoms with Crippen LogP contribution in [0.3, 0.4) is 0 Å². The van der Waals surface area contributed by atoms with E-state index in [2.05, 4.69) is 4.90 Å². The minimum absolute atomic E-state index is 0.0461. The SMILES string of the molecule is COCCN1CCC(N(Cc2ccc(-c3ccc(C(F)(F)F)cc3)cc2)C(=O)Cn2c(SCc3cccc(F)c3F)cc(=O)c3ccccc32)CC1.[2H]c1c([2H])c(F)c(F)c(CSc2c([2H])c(=O)c3c([2H])c(C)c([2H])c([2H])c3n2CC(=O)N(Cc2c([2H])c([2H])c(-c3c([2H])c([2H])c(C(F)(F)F)c([2H])c3[2H])c([2H])c2[2H])C2CCN(CCOC)CC2)c1[2H]. The number of nitrogens with zero attached hydrogens (tertiary/aromatic N) is 6. The van der Waals surface area contributed by atoms with Crippen molar-refractivity contribution in [2.75, 3.05) is 66.7 Å². The van der Waals surface area contributed by atoms with Crippen LogP contribution < -0.4 is 10.9 Å². The number of methoxy groups -OCH3 is 2. The summed E-state index contributed by atoms with van der Waals surface area (Å²) in [6.07, 6.45) is -7.80. The number of fused-ring (bicyclic) bond motifs is 2. The van der Waals surface area contributed by atoms with E-state index in [1.807, 2.05) is 34.1 Å². The standard InChI is InChI=1S/C41H40F5N3O3S.C40H38F5N3O3S/c1-27-6-15-36-34(22-27)37(50)23-39(53-26-31-4-3-5-35(42)40(31)43)49(36)25-38(51)48(33-16-18-47(19-17-33)20-21-52-2)24-28-7-9-29(10-8-28)30-11-13-32(14-12-30)41(44,45)46;1-51-22-21-46-19-17-32(18-20-46)47(24-27-9-11-28(12-10-27)29-13-15-31(16-14-29)40(43,44)45)37(50)25-48-35-8-3-2-6-33(35)36(49)23-38(48)52-26-30-5-4-7-34(41)39(30)42/h3-15,22-23,33H,16-21,24-26H2,1-2H3;2-16,23,32H,17-22,24-26H2,1H3/i3D,4D,5D,6D,7D,8D,9D,10D,11D,12D,13D,14D,15D,22D,23D;. The molecule has 12 nitrogen and oxygen atoms in total. The Morgan fingerprint density at radius 2 is 1.04 bits per heavy atom. The quantitative estimate of drug-likeness (QED) is 0.0428. The zero-order valence-electron chi connectivity index (χ0n) is 71.8. The van der Waals surface area contributed by atoms with Crippen molar-refractivity contribution in [3.05, 3.63) is 270 Å². The van der Waals surface area contributed by atoms with Gasteiger partial charge >= 0.3 is 12.4 Å². The number of hydrogen-bond donors (Lipinski definition) is 0. The van der Waals surface area contributed by atoms with Gasteiger partial charge in [-0.1, -0.05) is 121 Å². The Hall–Kier alpha value is -9.04. The summed E-state index contributed by atoms with van der Waals surface area (Å²) in [5, 5.41) is -0.127. The molecule has 2 aliphatic rings. The number of amides is 2. The van der Waals surface area contributed by atoms with Gasteiger partial charge in [0.05, 0.1) is 66.0 Å². The van der Waals surface area contributed by atoms with Crippen LogP contribution in [-0.4, -0.2) is 119 Å². The molecule has 2 fully saturated rings. The summed E-state index contributed by atoms with van der Waals surface area (Å²) in [6.45, 7) is 4.41. The highest BCUT2D eigenvalue weighted by Gasteiger charge is 2.34. The average Bonchev–Trinajstić information content (AvgIpc) is 0.734. The molecule has 2 aromatic heterocycles. The van der Waals surface area contributed by atoms with Crippen LogP contribution in [0, 0.1) is 30.2 Å². The Kier molecular flexibility index (Phi) is 19.7. The van der Waals surface area contributed by atoms with Crippen LogP contribution in [0.1, 0.15) is 85.2 Å². The smallest absolute Gasteiger partial charge is 0.383 e. The van der Waals surface area contributed by atoms with E-state index in [0.29, 0.717) is 72.6 Å². The number of rotatable bonds is 24. The average molecular weight is 1500 g/mol. The molecule has 0 unspecified atom stereocenters. The lowest BCUT2D eigenvalue weighted by atomic mass is 10.00. The molecule has 0 aliphatic carbocycles. The first kappa shape index (κ1) is 59.1. The van der Waals surface area contributed by atoms with Gasteiger partial charge in [-0.2, -0.15) is 26.3 Å². The topological polar surface area (TPSA) is 110 Å². The maximum Gasteiger partial charge on any atom is 0.416 e. The van der Waals surface area contributed by atoms with Gasteiger partial charge < -0.3 is 38.2 Å². The van der Waals surface area contributed by atoms with Crippen LogP contribution in [0.5, 0.6) is 0 Å². The van der Waals surface area contributed by atoms with Gasteiger partial charge in [-0.15, -0.1) is 23.5 Å². The number of hydrogen-bond acceptors (Lipinski definition) is 10. The van der Waals surface area contributed by atoms with E-state index in [1.165, 1.54) is 49.3 Å². The number of likely N-dealkylation sites (tertiary alicyclic amines) is 2. The van der Waals surface area contributed by atoms with Crippen LogP contribution in [0.25, 0.3) is 44.1 Å². The van der Waals surface area contributed by atoms with Crippen molar-refractivity contribution in [2.24, 2.45) is 0 Å². The van der Waals surface area contributed by atoms with Crippen molar-refractivity contribution >= 4 is 57.1 Å². The zero-order chi connectivity index (χ0) is 87.6. The number of benzene rings is 8. The number of pyridine rings is 2. The van der Waals surface area contributed by atoms with Crippen LogP contribution in [0.4, 0.5) is 43.9 Å². The Labute approximate surface area is 631 Å². The second-order valence-electron chi connectivity index (χ2n) is 24.8. The summed E-state index contributed by atoms with van der Waals surface area (Å²) in [6, 6.07) is 9.03. The Bertz CT molecular complexity index is 5640. The van der Waals surface area contributed by atoms with Gasteiger partial charge in [0.2, 0.25) is 11.8 Å². The molecule has 0 saturated carbocycles. The number of piperidine rings is 2. The first-order valence-electron chi connectivity index (χ1n) is 40.7. The van der Waals surface area contributed by atoms with Gasteiger partial charge in [-0.05, 0) is 127 Å². The Morgan fingerprint density at radius 1 is 0.514 bits per heavy atom. The Balaban J connectivity index is 0.000000243. The largest absolute Gasteiger partial charge is 0.416 e. The maximum atomic E-state index is 15.2. The molecule has 0 radical (unpaired) electrons. The van der Waals surface area contributed by atoms with Crippen molar-refractivity contribution in [3.8, 4) is 22.3 Å². The van der Waals surface area contributed by atoms with Gasteiger partial charge in [0.1, 0.15) is 13.1 Å². The summed E-state index contributed by atoms with van der Waals surface area (Å²) < 4.78 is 280. The highest BCUT2D eigenvalue weighted by atomic mass is 32.2. The Morgan fingerprint density at radius 3 is 1.62 bits per heavy atom. The third-order valence-corrected chi connectivity index (χ3v) is 20.0. The summed E-state index contributed by atoms with van der Waals surface area (Å²) in [7, 11) is 3.17. The van der Waals surface area contributed by atoms with Crippen LogP contribution in [0.15, 0.2) is 207 Å². The molecule has 0 spiro atoms. The molecule has 12 rings (SSSR count). The summed E-state index contributed by atoms with van der Waals surface area (Å²) >= 11 is 1.59. The third-order valence-electron chi connectivity index (χ3n) is 17.9. The number of aromatic nitrogens is 2. The van der Waals surface area contributed by atoms with Gasteiger partial charge in [-0.3, -0.25) is 19.2 Å². The predicted octanol–water partition coefficient (Wildman–Crippen LogP) is 17.1. The number of thioether (sulfide) groups is 2. The highest BCUT2D eigenvalue weighted by Crippen LogP contribution is 2.36. The van der Waals surface area contributed by atoms with E-state index in [4.69, 9.17) is 30.0 Å². The molecule has 24 heteroatoms. The molecular weight excluding hydrogens is 1410 g/mol. The van der Waals surface area contributed by atoms with Gasteiger partial charge in [-0.25, -0.2) is 17.6 Å². The monoisotopic (exact) mass is 1500 g/mol. The number of ether oxygens (including phenoxy) is 2. The maximum absolute atomic E-state index is 15.2. The fraction of sp³-hybridized carbons (Fsp3) is 0.309. The van der Waals surface area contributed by atoms with Gasteiger partial charge in [0, 0.05) is 124 Å². The molecule has 8 aromatic carbocycles. The van der Waals surface area contributed by atoms with E-state index in [0.717, 1.165) is 78.1 Å². The molecule has 2 aliphatic heterocycles. The van der Waals surface area contributed by atoms with Crippen molar-refractivity contribution in [3.63, 3.8) is 0 Å². The second kappa shape index (κ2) is 34.9. The molecule has 2 saturated heterocycles. The van der Waals surface area contributed by atoms with E-state index in [1.54, 1.807) is 35.9 Å². The number of carbonyl (C=O) groups is 2. The van der Waals surface area contributed by atoms with Crippen LogP contribution in [0.2, 0.25) is 0 Å².